The van der Waals surface area contributed by atoms with Gasteiger partial charge in [0.25, 0.3) is 0 Å². The smallest absolute Gasteiger partial charge is 0.0971 e. The molecule has 0 aliphatic heterocycles. The average molecular weight is 227 g/mol. The summed E-state index contributed by atoms with van der Waals surface area (Å²) in [5.74, 6) is 0. The summed E-state index contributed by atoms with van der Waals surface area (Å²) in [5.41, 5.74) is 0.921. The van der Waals surface area contributed by atoms with E-state index in [0.717, 1.165) is 36.4 Å². The lowest BCUT2D eigenvalue weighted by molar-refractivity contribution is 0.118. The zero-order valence-corrected chi connectivity index (χ0v) is 10.0. The molecule has 2 rings (SSSR count). The van der Waals surface area contributed by atoms with Crippen molar-refractivity contribution in [1.82, 2.24) is 4.98 Å². The molecular weight excluding hydrogens is 210 g/mol. The van der Waals surface area contributed by atoms with E-state index in [-0.39, 0.29) is 12.2 Å². The Morgan fingerprint density at radius 1 is 1.67 bits per heavy atom. The van der Waals surface area contributed by atoms with E-state index in [2.05, 4.69) is 4.98 Å². The number of aliphatic hydroxyl groups excluding tert-OH is 1. The summed E-state index contributed by atoms with van der Waals surface area (Å²) in [7, 11) is 1.72. The van der Waals surface area contributed by atoms with Crippen LogP contribution >= 0.6 is 11.3 Å². The van der Waals surface area contributed by atoms with Gasteiger partial charge in [-0.2, -0.15) is 0 Å². The third-order valence-electron chi connectivity index (χ3n) is 2.83. The lowest BCUT2D eigenvalue weighted by atomic mass is 10.0. The van der Waals surface area contributed by atoms with Crippen molar-refractivity contribution < 1.29 is 9.84 Å². The first kappa shape index (κ1) is 11.0. The molecular formula is C11H17NO2S. The molecule has 3 nitrogen and oxygen atoms in total. The molecule has 0 spiro atoms. The quantitative estimate of drug-likeness (QED) is 0.859. The SMILES string of the molecule is COC(C)Cc1nc2c(s1)CCCC2O. The predicted octanol–water partition coefficient (Wildman–Crippen LogP) is 2.09. The van der Waals surface area contributed by atoms with E-state index in [0.29, 0.717) is 0 Å². The molecule has 0 bridgehead atoms. The lowest BCUT2D eigenvalue weighted by Gasteiger charge is -2.14. The minimum atomic E-state index is -0.336. The molecule has 0 saturated heterocycles. The van der Waals surface area contributed by atoms with Gasteiger partial charge in [0.1, 0.15) is 0 Å². The molecule has 1 N–H and O–H groups in total. The van der Waals surface area contributed by atoms with E-state index in [1.165, 1.54) is 4.88 Å². The summed E-state index contributed by atoms with van der Waals surface area (Å²) in [4.78, 5) is 5.78. The highest BCUT2D eigenvalue weighted by atomic mass is 32.1. The molecule has 4 heteroatoms. The minimum absolute atomic E-state index is 0.203. The van der Waals surface area contributed by atoms with Gasteiger partial charge in [0, 0.05) is 18.4 Å². The second-order valence-corrected chi connectivity index (χ2v) is 5.24. The highest BCUT2D eigenvalue weighted by Gasteiger charge is 2.23. The molecule has 2 atom stereocenters. The molecule has 0 aromatic carbocycles. The number of hydrogen-bond acceptors (Lipinski definition) is 4. The van der Waals surface area contributed by atoms with Crippen molar-refractivity contribution in [1.29, 1.82) is 0 Å². The minimum Gasteiger partial charge on any atom is -0.387 e. The molecule has 2 unspecified atom stereocenters. The Morgan fingerprint density at radius 3 is 3.13 bits per heavy atom. The number of fused-ring (bicyclic) bond motifs is 1. The molecule has 84 valence electrons. The maximum atomic E-state index is 9.78. The summed E-state index contributed by atoms with van der Waals surface area (Å²) in [6.45, 7) is 2.04. The standard InChI is InChI=1S/C11H17NO2S/c1-7(14-2)6-10-12-11-8(13)4-3-5-9(11)15-10/h7-8,13H,3-6H2,1-2H3. The maximum Gasteiger partial charge on any atom is 0.0971 e. The molecule has 1 aliphatic rings. The van der Waals surface area contributed by atoms with Gasteiger partial charge >= 0.3 is 0 Å². The Labute approximate surface area is 94.1 Å². The number of aromatic nitrogens is 1. The molecule has 1 aromatic rings. The monoisotopic (exact) mass is 227 g/mol. The van der Waals surface area contributed by atoms with E-state index in [1.807, 2.05) is 6.92 Å². The third kappa shape index (κ3) is 2.38. The van der Waals surface area contributed by atoms with Gasteiger partial charge in [0.05, 0.1) is 22.9 Å². The van der Waals surface area contributed by atoms with Crippen LogP contribution in [0.25, 0.3) is 0 Å². The summed E-state index contributed by atoms with van der Waals surface area (Å²) in [6, 6.07) is 0. The Bertz CT molecular complexity index is 337. The number of aliphatic hydroxyl groups is 1. The Balaban J connectivity index is 2.14. The number of methoxy groups -OCH3 is 1. The molecule has 0 radical (unpaired) electrons. The number of aryl methyl sites for hydroxylation is 1. The van der Waals surface area contributed by atoms with Gasteiger partial charge in [0.2, 0.25) is 0 Å². The van der Waals surface area contributed by atoms with Crippen LogP contribution in [0.1, 0.15) is 41.4 Å². The van der Waals surface area contributed by atoms with Gasteiger partial charge in [-0.15, -0.1) is 11.3 Å². The van der Waals surface area contributed by atoms with Gasteiger partial charge in [-0.1, -0.05) is 0 Å². The summed E-state index contributed by atoms with van der Waals surface area (Å²) in [6.07, 6.45) is 3.73. The highest BCUT2D eigenvalue weighted by molar-refractivity contribution is 7.11. The highest BCUT2D eigenvalue weighted by Crippen LogP contribution is 2.33. The summed E-state index contributed by atoms with van der Waals surface area (Å²) in [5, 5.41) is 10.9. The van der Waals surface area contributed by atoms with Crippen LogP contribution in [0, 0.1) is 0 Å². The third-order valence-corrected chi connectivity index (χ3v) is 3.99. The number of rotatable bonds is 3. The second kappa shape index (κ2) is 4.60. The van der Waals surface area contributed by atoms with E-state index in [1.54, 1.807) is 18.4 Å². The van der Waals surface area contributed by atoms with Gasteiger partial charge in [-0.3, -0.25) is 0 Å². The van der Waals surface area contributed by atoms with Crippen molar-refractivity contribution in [2.24, 2.45) is 0 Å². The maximum absolute atomic E-state index is 9.78. The predicted molar refractivity (Wildman–Crippen MR) is 60.2 cm³/mol. The fourth-order valence-electron chi connectivity index (χ4n) is 1.86. The van der Waals surface area contributed by atoms with E-state index in [4.69, 9.17) is 4.74 Å². The Morgan fingerprint density at radius 2 is 2.47 bits per heavy atom. The topological polar surface area (TPSA) is 42.4 Å². The van der Waals surface area contributed by atoms with Crippen molar-refractivity contribution in [3.63, 3.8) is 0 Å². The fraction of sp³-hybridized carbons (Fsp3) is 0.727. The fourth-order valence-corrected chi connectivity index (χ4v) is 3.14. The summed E-state index contributed by atoms with van der Waals surface area (Å²) < 4.78 is 5.22. The van der Waals surface area contributed by atoms with Gasteiger partial charge < -0.3 is 9.84 Å². The number of hydrogen-bond donors (Lipinski definition) is 1. The van der Waals surface area contributed by atoms with Crippen molar-refractivity contribution >= 4 is 11.3 Å². The molecule has 0 fully saturated rings. The van der Waals surface area contributed by atoms with Crippen LogP contribution in [0.2, 0.25) is 0 Å². The molecule has 15 heavy (non-hydrogen) atoms. The van der Waals surface area contributed by atoms with Crippen molar-refractivity contribution in [2.45, 2.75) is 44.8 Å². The average Bonchev–Trinajstić information content (AvgIpc) is 2.62. The lowest BCUT2D eigenvalue weighted by Crippen LogP contribution is -2.09. The van der Waals surface area contributed by atoms with Crippen LogP contribution in [0.3, 0.4) is 0 Å². The summed E-state index contributed by atoms with van der Waals surface area (Å²) >= 11 is 1.73. The zero-order valence-electron chi connectivity index (χ0n) is 9.19. The second-order valence-electron chi connectivity index (χ2n) is 4.07. The van der Waals surface area contributed by atoms with Gasteiger partial charge in [0.15, 0.2) is 0 Å². The van der Waals surface area contributed by atoms with Gasteiger partial charge in [-0.25, -0.2) is 4.98 Å². The number of nitrogens with zero attached hydrogens (tertiary/aromatic N) is 1. The van der Waals surface area contributed by atoms with Crippen molar-refractivity contribution in [3.05, 3.63) is 15.6 Å². The molecule has 1 heterocycles. The Kier molecular flexibility index (Phi) is 3.38. The normalized spacial score (nSPS) is 22.5. The van der Waals surface area contributed by atoms with E-state index >= 15 is 0 Å². The molecule has 1 aromatic heterocycles. The van der Waals surface area contributed by atoms with Crippen LogP contribution in [0.5, 0.6) is 0 Å². The van der Waals surface area contributed by atoms with E-state index in [9.17, 15) is 5.11 Å². The van der Waals surface area contributed by atoms with Crippen molar-refractivity contribution in [3.8, 4) is 0 Å². The molecule has 0 saturated carbocycles. The molecule has 1 aliphatic carbocycles. The van der Waals surface area contributed by atoms with Crippen LogP contribution in [-0.2, 0) is 17.6 Å². The van der Waals surface area contributed by atoms with Crippen molar-refractivity contribution in [2.75, 3.05) is 7.11 Å². The van der Waals surface area contributed by atoms with Crippen LogP contribution in [0.15, 0.2) is 0 Å². The van der Waals surface area contributed by atoms with Gasteiger partial charge in [-0.05, 0) is 26.2 Å². The first-order valence-corrected chi connectivity index (χ1v) is 6.21. The first-order valence-electron chi connectivity index (χ1n) is 5.40. The van der Waals surface area contributed by atoms with Crippen LogP contribution in [-0.4, -0.2) is 23.3 Å². The van der Waals surface area contributed by atoms with Crippen LogP contribution < -0.4 is 0 Å². The van der Waals surface area contributed by atoms with E-state index < -0.39 is 0 Å². The van der Waals surface area contributed by atoms with Crippen LogP contribution in [0.4, 0.5) is 0 Å². The zero-order chi connectivity index (χ0) is 10.8. The molecule has 0 amide bonds. The number of ether oxygens (including phenoxy) is 1. The number of thiazole rings is 1. The first-order chi connectivity index (χ1) is 7.20. The largest absolute Gasteiger partial charge is 0.387 e. The Hall–Kier alpha value is -0.450.